The summed E-state index contributed by atoms with van der Waals surface area (Å²) < 4.78 is 5.58. The molecule has 0 aliphatic carbocycles. The highest BCUT2D eigenvalue weighted by Crippen LogP contribution is 2.16. The molecular formula is C19H22N2O3. The van der Waals surface area contributed by atoms with Crippen LogP contribution in [0, 0.1) is 5.92 Å². The first-order valence-corrected chi connectivity index (χ1v) is 7.89. The molecule has 2 aromatic rings. The van der Waals surface area contributed by atoms with Crippen LogP contribution in [-0.2, 0) is 9.59 Å². The van der Waals surface area contributed by atoms with Crippen LogP contribution in [0.25, 0.3) is 0 Å². The highest BCUT2D eigenvalue weighted by Gasteiger charge is 2.15. The van der Waals surface area contributed by atoms with Crippen molar-refractivity contribution < 1.29 is 14.3 Å². The highest BCUT2D eigenvalue weighted by atomic mass is 16.5. The molecule has 0 radical (unpaired) electrons. The normalized spacial score (nSPS) is 11.7. The molecule has 0 spiro atoms. The van der Waals surface area contributed by atoms with Crippen LogP contribution < -0.4 is 15.4 Å². The molecular weight excluding hydrogens is 304 g/mol. The van der Waals surface area contributed by atoms with Crippen molar-refractivity contribution in [1.29, 1.82) is 0 Å². The zero-order valence-electron chi connectivity index (χ0n) is 14.1. The van der Waals surface area contributed by atoms with Gasteiger partial charge in [0.1, 0.15) is 5.75 Å². The topological polar surface area (TPSA) is 67.4 Å². The number of hydrogen-bond donors (Lipinski definition) is 2. The Balaban J connectivity index is 1.90. The molecule has 2 aromatic carbocycles. The van der Waals surface area contributed by atoms with E-state index in [0.29, 0.717) is 17.1 Å². The second kappa shape index (κ2) is 8.15. The third kappa shape index (κ3) is 5.12. The van der Waals surface area contributed by atoms with Crippen LogP contribution >= 0.6 is 0 Å². The number of hydrogen-bond acceptors (Lipinski definition) is 3. The molecule has 0 saturated carbocycles. The number of amides is 2. The third-order valence-corrected chi connectivity index (χ3v) is 3.37. The van der Waals surface area contributed by atoms with Crippen LogP contribution in [0.1, 0.15) is 20.8 Å². The predicted molar refractivity (Wildman–Crippen MR) is 95.1 cm³/mol. The molecule has 0 saturated heterocycles. The van der Waals surface area contributed by atoms with E-state index < -0.39 is 6.10 Å². The lowest BCUT2D eigenvalue weighted by atomic mass is 10.2. The quantitative estimate of drug-likeness (QED) is 0.851. The Morgan fingerprint density at radius 2 is 1.29 bits per heavy atom. The number of ether oxygens (including phenoxy) is 1. The van der Waals surface area contributed by atoms with Crippen LogP contribution in [-0.4, -0.2) is 17.9 Å². The Labute approximate surface area is 142 Å². The average Bonchev–Trinajstić information content (AvgIpc) is 2.57. The monoisotopic (exact) mass is 326 g/mol. The first kappa shape index (κ1) is 17.5. The van der Waals surface area contributed by atoms with Crippen molar-refractivity contribution >= 4 is 23.2 Å². The molecule has 0 heterocycles. The van der Waals surface area contributed by atoms with Gasteiger partial charge in [0.2, 0.25) is 5.91 Å². The summed E-state index contributed by atoms with van der Waals surface area (Å²) in [6, 6.07) is 16.2. The van der Waals surface area contributed by atoms with Gasteiger partial charge in [0.05, 0.1) is 0 Å². The number of nitrogens with one attached hydrogen (secondary N) is 2. The van der Waals surface area contributed by atoms with Crippen molar-refractivity contribution in [2.45, 2.75) is 26.9 Å². The summed E-state index contributed by atoms with van der Waals surface area (Å²) in [5.41, 5.74) is 1.34. The van der Waals surface area contributed by atoms with Crippen LogP contribution in [0.5, 0.6) is 5.75 Å². The Bertz CT molecular complexity index is 682. The summed E-state index contributed by atoms with van der Waals surface area (Å²) in [5.74, 6) is 0.279. The summed E-state index contributed by atoms with van der Waals surface area (Å²) >= 11 is 0. The molecule has 5 heteroatoms. The van der Waals surface area contributed by atoms with Gasteiger partial charge in [0, 0.05) is 17.3 Å². The van der Waals surface area contributed by atoms with Crippen LogP contribution in [0.4, 0.5) is 11.4 Å². The van der Waals surface area contributed by atoms with Crippen LogP contribution in [0.2, 0.25) is 0 Å². The lowest BCUT2D eigenvalue weighted by Crippen LogP contribution is -2.30. The molecule has 24 heavy (non-hydrogen) atoms. The van der Waals surface area contributed by atoms with Crippen LogP contribution in [0.3, 0.4) is 0 Å². The maximum atomic E-state index is 12.2. The Hall–Kier alpha value is -2.82. The van der Waals surface area contributed by atoms with Crippen molar-refractivity contribution in [2.24, 2.45) is 5.92 Å². The second-order valence-corrected chi connectivity index (χ2v) is 5.78. The number of anilines is 2. The standard InChI is InChI=1S/C19H22N2O3/c1-13(2)18(22)20-15-9-11-16(12-10-15)21-19(23)14(3)24-17-7-5-4-6-8-17/h4-14H,1-3H3,(H,20,22)(H,21,23). The number of carbonyl (C=O) groups is 2. The average molecular weight is 326 g/mol. The molecule has 0 aliphatic heterocycles. The zero-order chi connectivity index (χ0) is 17.5. The molecule has 5 nitrogen and oxygen atoms in total. The summed E-state index contributed by atoms with van der Waals surface area (Å²) in [5, 5.41) is 5.59. The first-order valence-electron chi connectivity index (χ1n) is 7.89. The van der Waals surface area contributed by atoms with Crippen molar-refractivity contribution in [3.05, 3.63) is 54.6 Å². The molecule has 126 valence electrons. The Kier molecular flexibility index (Phi) is 5.95. The van der Waals surface area contributed by atoms with E-state index >= 15 is 0 Å². The van der Waals surface area contributed by atoms with Gasteiger partial charge in [-0.25, -0.2) is 0 Å². The minimum Gasteiger partial charge on any atom is -0.481 e. The van der Waals surface area contributed by atoms with Gasteiger partial charge in [-0.05, 0) is 43.3 Å². The van der Waals surface area contributed by atoms with E-state index in [2.05, 4.69) is 10.6 Å². The number of benzene rings is 2. The molecule has 2 amide bonds. The van der Waals surface area contributed by atoms with Gasteiger partial charge >= 0.3 is 0 Å². The third-order valence-electron chi connectivity index (χ3n) is 3.37. The lowest BCUT2D eigenvalue weighted by Gasteiger charge is -2.15. The molecule has 0 aliphatic rings. The maximum Gasteiger partial charge on any atom is 0.265 e. The van der Waals surface area contributed by atoms with Gasteiger partial charge < -0.3 is 15.4 Å². The minimum atomic E-state index is -0.618. The van der Waals surface area contributed by atoms with Crippen molar-refractivity contribution in [3.8, 4) is 5.75 Å². The molecule has 0 aromatic heterocycles. The minimum absolute atomic E-state index is 0.0448. The summed E-state index contributed by atoms with van der Waals surface area (Å²) in [6.45, 7) is 5.36. The van der Waals surface area contributed by atoms with Crippen molar-refractivity contribution in [1.82, 2.24) is 0 Å². The second-order valence-electron chi connectivity index (χ2n) is 5.78. The van der Waals surface area contributed by atoms with E-state index in [-0.39, 0.29) is 17.7 Å². The first-order chi connectivity index (χ1) is 11.5. The van der Waals surface area contributed by atoms with E-state index in [1.54, 1.807) is 43.3 Å². The predicted octanol–water partition coefficient (Wildman–Crippen LogP) is 3.69. The van der Waals surface area contributed by atoms with Gasteiger partial charge in [-0.1, -0.05) is 32.0 Å². The lowest BCUT2D eigenvalue weighted by molar-refractivity contribution is -0.122. The molecule has 0 fully saturated rings. The number of rotatable bonds is 6. The fraction of sp³-hybridized carbons (Fsp3) is 0.263. The molecule has 0 bridgehead atoms. The van der Waals surface area contributed by atoms with E-state index in [9.17, 15) is 9.59 Å². The summed E-state index contributed by atoms with van der Waals surface area (Å²) in [6.07, 6.45) is -0.618. The van der Waals surface area contributed by atoms with Gasteiger partial charge in [-0.3, -0.25) is 9.59 Å². The maximum absolute atomic E-state index is 12.2. The summed E-state index contributed by atoms with van der Waals surface area (Å²) in [7, 11) is 0. The van der Waals surface area contributed by atoms with Gasteiger partial charge in [0.15, 0.2) is 6.10 Å². The van der Waals surface area contributed by atoms with E-state index in [0.717, 1.165) is 0 Å². The van der Waals surface area contributed by atoms with Gasteiger partial charge in [-0.15, -0.1) is 0 Å². The fourth-order valence-electron chi connectivity index (χ4n) is 1.92. The Morgan fingerprint density at radius 1 is 0.792 bits per heavy atom. The van der Waals surface area contributed by atoms with E-state index in [4.69, 9.17) is 4.74 Å². The summed E-state index contributed by atoms with van der Waals surface area (Å²) in [4.78, 5) is 23.8. The zero-order valence-corrected chi connectivity index (χ0v) is 14.1. The molecule has 2 rings (SSSR count). The molecule has 1 atom stereocenters. The van der Waals surface area contributed by atoms with Gasteiger partial charge in [0.25, 0.3) is 5.91 Å². The molecule has 2 N–H and O–H groups in total. The smallest absolute Gasteiger partial charge is 0.265 e. The van der Waals surface area contributed by atoms with Crippen molar-refractivity contribution in [3.63, 3.8) is 0 Å². The number of carbonyl (C=O) groups excluding carboxylic acids is 2. The van der Waals surface area contributed by atoms with Gasteiger partial charge in [-0.2, -0.15) is 0 Å². The van der Waals surface area contributed by atoms with Crippen LogP contribution in [0.15, 0.2) is 54.6 Å². The molecule has 1 unspecified atom stereocenters. The van der Waals surface area contributed by atoms with E-state index in [1.807, 2.05) is 32.0 Å². The highest BCUT2D eigenvalue weighted by molar-refractivity contribution is 5.95. The fourth-order valence-corrected chi connectivity index (χ4v) is 1.92. The largest absolute Gasteiger partial charge is 0.481 e. The van der Waals surface area contributed by atoms with E-state index in [1.165, 1.54) is 0 Å². The SMILES string of the molecule is CC(C)C(=O)Nc1ccc(NC(=O)C(C)Oc2ccccc2)cc1. The Morgan fingerprint density at radius 3 is 1.79 bits per heavy atom. The van der Waals surface area contributed by atoms with Crippen molar-refractivity contribution in [2.75, 3.05) is 10.6 Å². The number of para-hydroxylation sites is 1.